The number of aliphatic hydroxyl groups is 1. The van der Waals surface area contributed by atoms with Crippen LogP contribution in [-0.4, -0.2) is 17.0 Å². The quantitative estimate of drug-likeness (QED) is 0.705. The first kappa shape index (κ1) is 19.0. The summed E-state index contributed by atoms with van der Waals surface area (Å²) in [5.74, 6) is 0.275. The van der Waals surface area contributed by atoms with Gasteiger partial charge in [-0.2, -0.15) is 0 Å². The van der Waals surface area contributed by atoms with E-state index < -0.39 is 0 Å². The summed E-state index contributed by atoms with van der Waals surface area (Å²) in [7, 11) is 0. The van der Waals surface area contributed by atoms with Gasteiger partial charge in [0.2, 0.25) is 0 Å². The van der Waals surface area contributed by atoms with Gasteiger partial charge in [-0.3, -0.25) is 0 Å². The molecule has 0 aromatic heterocycles. The molecule has 0 saturated heterocycles. The van der Waals surface area contributed by atoms with Gasteiger partial charge in [-0.1, -0.05) is 53.9 Å². The van der Waals surface area contributed by atoms with E-state index in [9.17, 15) is 4.79 Å². The minimum absolute atomic E-state index is 0.0449. The molecule has 0 aliphatic rings. The van der Waals surface area contributed by atoms with Crippen molar-refractivity contribution < 1.29 is 9.90 Å². The third-order valence-electron chi connectivity index (χ3n) is 2.39. The van der Waals surface area contributed by atoms with Crippen LogP contribution < -0.4 is 0 Å². The highest BCUT2D eigenvalue weighted by Gasteiger charge is 2.11. The summed E-state index contributed by atoms with van der Waals surface area (Å²) in [6, 6.07) is 0. The molecule has 1 atom stereocenters. The van der Waals surface area contributed by atoms with Crippen molar-refractivity contribution in [3.05, 3.63) is 0 Å². The molecule has 1 unspecified atom stereocenters. The third-order valence-corrected chi connectivity index (χ3v) is 2.39. The van der Waals surface area contributed by atoms with Crippen molar-refractivity contribution in [3.63, 3.8) is 0 Å². The van der Waals surface area contributed by atoms with Crippen LogP contribution in [0.5, 0.6) is 0 Å². The highest BCUT2D eigenvalue weighted by Crippen LogP contribution is 2.17. The SMILES string of the molecule is CC(=O)CC(C)(C)C.CCCCCC(O)CC. The van der Waals surface area contributed by atoms with E-state index >= 15 is 0 Å². The Bertz CT molecular complexity index is 180. The van der Waals surface area contributed by atoms with Crippen molar-refractivity contribution >= 4 is 5.78 Å². The maximum atomic E-state index is 10.5. The van der Waals surface area contributed by atoms with Crippen LogP contribution in [0.1, 0.15) is 80.1 Å². The molecule has 104 valence electrons. The largest absolute Gasteiger partial charge is 0.393 e. The third kappa shape index (κ3) is 21.5. The van der Waals surface area contributed by atoms with E-state index in [1.807, 2.05) is 6.92 Å². The summed E-state index contributed by atoms with van der Waals surface area (Å²) in [5.41, 5.74) is 0.172. The number of Topliss-reactive ketones (excluding diaryl/α,β-unsaturated/α-hetero) is 1. The van der Waals surface area contributed by atoms with E-state index in [0.29, 0.717) is 6.42 Å². The lowest BCUT2D eigenvalue weighted by atomic mass is 9.91. The maximum absolute atomic E-state index is 10.5. The molecular formula is C15H32O2. The molecule has 1 N–H and O–H groups in total. The average Bonchev–Trinajstić information content (AvgIpc) is 2.15. The van der Waals surface area contributed by atoms with E-state index in [-0.39, 0.29) is 17.3 Å². The second kappa shape index (κ2) is 10.8. The minimum atomic E-state index is -0.0449. The Morgan fingerprint density at radius 2 is 1.71 bits per heavy atom. The normalized spacial score (nSPS) is 12.6. The molecule has 0 fully saturated rings. The van der Waals surface area contributed by atoms with Crippen LogP contribution in [0, 0.1) is 5.41 Å². The molecule has 2 nitrogen and oxygen atoms in total. The first-order chi connectivity index (χ1) is 7.72. The Kier molecular flexibility index (Phi) is 12.0. The van der Waals surface area contributed by atoms with Crippen LogP contribution in [-0.2, 0) is 4.79 Å². The monoisotopic (exact) mass is 244 g/mol. The fourth-order valence-corrected chi connectivity index (χ4v) is 1.58. The van der Waals surface area contributed by atoms with Gasteiger partial charge < -0.3 is 9.90 Å². The van der Waals surface area contributed by atoms with Crippen molar-refractivity contribution in [1.82, 2.24) is 0 Å². The standard InChI is InChI=1S/C8H18O.C7H14O/c1-3-5-6-7-8(9)4-2;1-6(8)5-7(2,3)4/h8-9H,3-7H2,1-2H3;5H2,1-4H3. The average molecular weight is 244 g/mol. The highest BCUT2D eigenvalue weighted by atomic mass is 16.3. The van der Waals surface area contributed by atoms with Gasteiger partial charge in [-0.15, -0.1) is 0 Å². The molecule has 0 rings (SSSR count). The van der Waals surface area contributed by atoms with Gasteiger partial charge in [0.25, 0.3) is 0 Å². The topological polar surface area (TPSA) is 37.3 Å². The minimum Gasteiger partial charge on any atom is -0.393 e. The van der Waals surface area contributed by atoms with Crippen molar-refractivity contribution in [2.24, 2.45) is 5.41 Å². The lowest BCUT2D eigenvalue weighted by Crippen LogP contribution is -2.09. The molecule has 0 spiro atoms. The highest BCUT2D eigenvalue weighted by molar-refractivity contribution is 5.76. The molecule has 0 bridgehead atoms. The smallest absolute Gasteiger partial charge is 0.130 e. The maximum Gasteiger partial charge on any atom is 0.130 e. The van der Waals surface area contributed by atoms with Gasteiger partial charge in [-0.25, -0.2) is 0 Å². The van der Waals surface area contributed by atoms with Crippen LogP contribution >= 0.6 is 0 Å². The molecule has 0 heterocycles. The second-order valence-electron chi connectivity index (χ2n) is 6.00. The first-order valence-corrected chi connectivity index (χ1v) is 6.90. The van der Waals surface area contributed by atoms with Crippen LogP contribution in [0.25, 0.3) is 0 Å². The van der Waals surface area contributed by atoms with Crippen LogP contribution in [0.15, 0.2) is 0 Å². The fourth-order valence-electron chi connectivity index (χ4n) is 1.58. The molecule has 17 heavy (non-hydrogen) atoms. The van der Waals surface area contributed by atoms with Gasteiger partial charge in [0.1, 0.15) is 5.78 Å². The Labute approximate surface area is 108 Å². The summed E-state index contributed by atoms with van der Waals surface area (Å²) in [4.78, 5) is 10.5. The van der Waals surface area contributed by atoms with Gasteiger partial charge >= 0.3 is 0 Å². The van der Waals surface area contributed by atoms with Crippen molar-refractivity contribution in [2.75, 3.05) is 0 Å². The predicted octanol–water partition coefficient (Wildman–Crippen LogP) is 4.35. The summed E-state index contributed by atoms with van der Waals surface area (Å²) in [6.45, 7) is 12.0. The van der Waals surface area contributed by atoms with Crippen molar-refractivity contribution in [1.29, 1.82) is 0 Å². The molecule has 0 saturated carbocycles. The van der Waals surface area contributed by atoms with Crippen molar-refractivity contribution in [3.8, 4) is 0 Å². The summed E-state index contributed by atoms with van der Waals surface area (Å²) >= 11 is 0. The Hall–Kier alpha value is -0.370. The van der Waals surface area contributed by atoms with Crippen LogP contribution in [0.4, 0.5) is 0 Å². The van der Waals surface area contributed by atoms with E-state index in [0.717, 1.165) is 12.8 Å². The van der Waals surface area contributed by atoms with E-state index in [4.69, 9.17) is 5.11 Å². The van der Waals surface area contributed by atoms with Crippen LogP contribution in [0.2, 0.25) is 0 Å². The molecular weight excluding hydrogens is 212 g/mol. The zero-order valence-corrected chi connectivity index (χ0v) is 12.7. The second-order valence-corrected chi connectivity index (χ2v) is 6.00. The molecule has 0 aliphatic carbocycles. The van der Waals surface area contributed by atoms with Crippen LogP contribution in [0.3, 0.4) is 0 Å². The summed E-state index contributed by atoms with van der Waals surface area (Å²) in [6.07, 6.45) is 6.23. The fraction of sp³-hybridized carbons (Fsp3) is 0.933. The molecule has 2 heteroatoms. The van der Waals surface area contributed by atoms with E-state index in [2.05, 4.69) is 27.7 Å². The zero-order valence-electron chi connectivity index (χ0n) is 12.7. The Morgan fingerprint density at radius 1 is 1.18 bits per heavy atom. The van der Waals surface area contributed by atoms with Gasteiger partial charge in [-0.05, 0) is 25.2 Å². The van der Waals surface area contributed by atoms with Gasteiger partial charge in [0.05, 0.1) is 6.10 Å². The van der Waals surface area contributed by atoms with Crippen molar-refractivity contribution in [2.45, 2.75) is 86.2 Å². The lowest BCUT2D eigenvalue weighted by molar-refractivity contribution is -0.118. The van der Waals surface area contributed by atoms with E-state index in [1.165, 1.54) is 19.3 Å². The van der Waals surface area contributed by atoms with E-state index in [1.54, 1.807) is 6.92 Å². The molecule has 0 radical (unpaired) electrons. The Balaban J connectivity index is 0. The number of aliphatic hydroxyl groups excluding tert-OH is 1. The zero-order chi connectivity index (χ0) is 13.9. The number of rotatable bonds is 6. The first-order valence-electron chi connectivity index (χ1n) is 6.90. The number of hydrogen-bond donors (Lipinski definition) is 1. The summed E-state index contributed by atoms with van der Waals surface area (Å²) in [5, 5.41) is 9.08. The number of carbonyl (C=O) groups is 1. The summed E-state index contributed by atoms with van der Waals surface area (Å²) < 4.78 is 0. The lowest BCUT2D eigenvalue weighted by Gasteiger charge is -2.14. The van der Waals surface area contributed by atoms with Gasteiger partial charge in [0, 0.05) is 6.42 Å². The number of carbonyl (C=O) groups excluding carboxylic acids is 1. The van der Waals surface area contributed by atoms with Gasteiger partial charge in [0.15, 0.2) is 0 Å². The molecule has 0 amide bonds. The predicted molar refractivity (Wildman–Crippen MR) is 75.2 cm³/mol. The number of unbranched alkanes of at least 4 members (excludes halogenated alkanes) is 2. The molecule has 0 aromatic carbocycles. The number of hydrogen-bond acceptors (Lipinski definition) is 2. The molecule has 0 aromatic rings. The number of ketones is 1. The molecule has 0 aliphatic heterocycles. The Morgan fingerprint density at radius 3 is 1.94 bits per heavy atom.